The van der Waals surface area contributed by atoms with E-state index in [0.29, 0.717) is 23.3 Å². The molecule has 194 valence electrons. The molecule has 0 aliphatic carbocycles. The molecule has 1 N–H and O–H groups in total. The van der Waals surface area contributed by atoms with Crippen LogP contribution in [0.25, 0.3) is 11.0 Å². The first-order valence-electron chi connectivity index (χ1n) is 12.8. The number of benzene rings is 3. The van der Waals surface area contributed by atoms with Gasteiger partial charge < -0.3 is 19.4 Å². The van der Waals surface area contributed by atoms with Crippen molar-refractivity contribution in [3.05, 3.63) is 89.2 Å². The van der Waals surface area contributed by atoms with Crippen LogP contribution in [0.3, 0.4) is 0 Å². The molecule has 0 spiro atoms. The average Bonchev–Trinajstić information content (AvgIpc) is 3.27. The smallest absolute Gasteiger partial charge is 0.258 e. The molecule has 0 fully saturated rings. The zero-order valence-electron chi connectivity index (χ0n) is 21.6. The lowest BCUT2D eigenvalue weighted by molar-refractivity contribution is -0.123. The van der Waals surface area contributed by atoms with Gasteiger partial charge in [0, 0.05) is 11.6 Å². The highest BCUT2D eigenvalue weighted by Crippen LogP contribution is 2.23. The number of imidazole rings is 1. The van der Waals surface area contributed by atoms with E-state index in [1.54, 1.807) is 24.3 Å². The highest BCUT2D eigenvalue weighted by atomic mass is 35.5. The molecular formula is C30H34ClN3O3. The number of aryl methyl sites for hydroxylation is 1. The molecule has 0 aliphatic heterocycles. The van der Waals surface area contributed by atoms with Crippen molar-refractivity contribution in [3.63, 3.8) is 0 Å². The molecule has 0 aliphatic rings. The van der Waals surface area contributed by atoms with Gasteiger partial charge in [-0.25, -0.2) is 4.98 Å². The molecule has 7 heteroatoms. The molecule has 1 amide bonds. The van der Waals surface area contributed by atoms with Crippen LogP contribution in [0.1, 0.15) is 57.0 Å². The molecule has 0 saturated carbocycles. The Morgan fingerprint density at radius 1 is 0.919 bits per heavy atom. The molecule has 0 bridgehead atoms. The second-order valence-corrected chi connectivity index (χ2v) is 9.86. The number of fused-ring (bicyclic) bond motifs is 1. The Morgan fingerprint density at radius 2 is 1.59 bits per heavy atom. The third kappa shape index (κ3) is 7.26. The molecule has 1 atom stereocenters. The van der Waals surface area contributed by atoms with Crippen molar-refractivity contribution >= 4 is 28.5 Å². The molecule has 6 nitrogen and oxygen atoms in total. The number of aromatic nitrogens is 2. The van der Waals surface area contributed by atoms with E-state index < -0.39 is 0 Å². The van der Waals surface area contributed by atoms with E-state index in [2.05, 4.69) is 41.9 Å². The fourth-order valence-corrected chi connectivity index (χ4v) is 4.32. The third-order valence-corrected chi connectivity index (χ3v) is 6.48. The Kier molecular flexibility index (Phi) is 9.07. The molecule has 1 unspecified atom stereocenters. The number of ether oxygens (including phenoxy) is 2. The second kappa shape index (κ2) is 12.6. The molecular weight excluding hydrogens is 486 g/mol. The van der Waals surface area contributed by atoms with Gasteiger partial charge >= 0.3 is 0 Å². The number of hydrogen-bond acceptors (Lipinski definition) is 4. The molecule has 4 aromatic rings. The van der Waals surface area contributed by atoms with Crippen LogP contribution in [0, 0.1) is 0 Å². The van der Waals surface area contributed by atoms with E-state index in [1.807, 2.05) is 37.3 Å². The Morgan fingerprint density at radius 3 is 2.32 bits per heavy atom. The summed E-state index contributed by atoms with van der Waals surface area (Å²) in [6, 6.07) is 23.0. The predicted molar refractivity (Wildman–Crippen MR) is 148 cm³/mol. The van der Waals surface area contributed by atoms with Gasteiger partial charge in [0.2, 0.25) is 0 Å². The summed E-state index contributed by atoms with van der Waals surface area (Å²) in [5, 5.41) is 3.64. The van der Waals surface area contributed by atoms with Gasteiger partial charge in [-0.2, -0.15) is 0 Å². The van der Waals surface area contributed by atoms with Crippen LogP contribution in [0.15, 0.2) is 72.8 Å². The zero-order chi connectivity index (χ0) is 26.2. The predicted octanol–water partition coefficient (Wildman–Crippen LogP) is 6.93. The molecule has 1 aromatic heterocycles. The van der Waals surface area contributed by atoms with Gasteiger partial charge in [0.1, 0.15) is 17.3 Å². The van der Waals surface area contributed by atoms with E-state index in [-0.39, 0.29) is 18.6 Å². The first-order chi connectivity index (χ1) is 17.9. The van der Waals surface area contributed by atoms with E-state index in [0.717, 1.165) is 42.0 Å². The number of hydrogen-bond donors (Lipinski definition) is 1. The highest BCUT2D eigenvalue weighted by Gasteiger charge is 2.18. The van der Waals surface area contributed by atoms with Crippen LogP contribution < -0.4 is 14.8 Å². The van der Waals surface area contributed by atoms with E-state index in [4.69, 9.17) is 26.1 Å². The minimum atomic E-state index is -0.274. The van der Waals surface area contributed by atoms with Crippen LogP contribution in [-0.2, 0) is 11.3 Å². The lowest BCUT2D eigenvalue weighted by Crippen LogP contribution is -2.32. The number of carbonyl (C=O) groups is 1. The van der Waals surface area contributed by atoms with Crippen molar-refractivity contribution in [2.24, 2.45) is 0 Å². The minimum Gasteiger partial charge on any atom is -0.494 e. The highest BCUT2D eigenvalue weighted by molar-refractivity contribution is 6.30. The van der Waals surface area contributed by atoms with Gasteiger partial charge in [-0.1, -0.05) is 49.7 Å². The number of nitrogens with zero attached hydrogens (tertiary/aromatic N) is 2. The van der Waals surface area contributed by atoms with Gasteiger partial charge in [0.05, 0.1) is 23.7 Å². The first-order valence-corrected chi connectivity index (χ1v) is 13.1. The number of amides is 1. The maximum Gasteiger partial charge on any atom is 0.258 e. The Labute approximate surface area is 223 Å². The topological polar surface area (TPSA) is 65.4 Å². The lowest BCUT2D eigenvalue weighted by Gasteiger charge is -2.17. The van der Waals surface area contributed by atoms with Crippen LogP contribution >= 0.6 is 11.6 Å². The van der Waals surface area contributed by atoms with Crippen molar-refractivity contribution in [1.29, 1.82) is 0 Å². The quantitative estimate of drug-likeness (QED) is 0.206. The van der Waals surface area contributed by atoms with Crippen LogP contribution in [0.2, 0.25) is 5.02 Å². The molecule has 3 aromatic carbocycles. The summed E-state index contributed by atoms with van der Waals surface area (Å²) in [5.41, 5.74) is 3.28. The van der Waals surface area contributed by atoms with Gasteiger partial charge in [-0.15, -0.1) is 0 Å². The van der Waals surface area contributed by atoms with Crippen molar-refractivity contribution in [3.8, 4) is 11.5 Å². The van der Waals surface area contributed by atoms with Gasteiger partial charge in [0.15, 0.2) is 6.61 Å². The maximum atomic E-state index is 12.6. The summed E-state index contributed by atoms with van der Waals surface area (Å²) < 4.78 is 13.7. The Hall–Kier alpha value is -3.51. The van der Waals surface area contributed by atoms with Gasteiger partial charge in [-0.05, 0) is 79.8 Å². The van der Waals surface area contributed by atoms with Crippen LogP contribution in [0.5, 0.6) is 11.5 Å². The number of rotatable bonds is 12. The number of nitrogens with one attached hydrogen (secondary N) is 1. The third-order valence-electron chi connectivity index (χ3n) is 6.22. The fraction of sp³-hybridized carbons (Fsp3) is 0.333. The number of carbonyl (C=O) groups excluding carboxylic acids is 1. The van der Waals surface area contributed by atoms with Crippen molar-refractivity contribution < 1.29 is 14.3 Å². The summed E-state index contributed by atoms with van der Waals surface area (Å²) >= 11 is 5.90. The second-order valence-electron chi connectivity index (χ2n) is 9.42. The van der Waals surface area contributed by atoms with Crippen molar-refractivity contribution in [1.82, 2.24) is 14.9 Å². The normalized spacial score (nSPS) is 12.0. The summed E-state index contributed by atoms with van der Waals surface area (Å²) in [5.74, 6) is 2.62. The van der Waals surface area contributed by atoms with E-state index >= 15 is 0 Å². The maximum absolute atomic E-state index is 12.6. The van der Waals surface area contributed by atoms with Crippen LogP contribution in [0.4, 0.5) is 0 Å². The minimum absolute atomic E-state index is 0.0817. The standard InChI is InChI=1S/C30H34ClN3O3/c1-21(2)23-10-14-25(15-11-23)36-19-7-6-18-34-28-9-5-4-8-27(28)33-30(34)22(3)32-29(35)20-37-26-16-12-24(31)13-17-26/h4-5,8-17,21-22H,6-7,18-20H2,1-3H3,(H,32,35). The Balaban J connectivity index is 1.32. The van der Waals surface area contributed by atoms with Crippen molar-refractivity contribution in [2.75, 3.05) is 13.2 Å². The van der Waals surface area contributed by atoms with Crippen molar-refractivity contribution in [2.45, 2.75) is 52.1 Å². The first kappa shape index (κ1) is 26.6. The number of unbranched alkanes of at least 4 members (excludes halogenated alkanes) is 1. The fourth-order valence-electron chi connectivity index (χ4n) is 4.20. The monoisotopic (exact) mass is 519 g/mol. The molecule has 0 radical (unpaired) electrons. The van der Waals surface area contributed by atoms with E-state index in [9.17, 15) is 4.79 Å². The van der Waals surface area contributed by atoms with Gasteiger partial charge in [0.25, 0.3) is 5.91 Å². The molecule has 4 rings (SSSR count). The summed E-state index contributed by atoms with van der Waals surface area (Å²) in [7, 11) is 0. The SMILES string of the molecule is CC(C)c1ccc(OCCCCn2c(C(C)NC(=O)COc3ccc(Cl)cc3)nc3ccccc32)cc1. The zero-order valence-corrected chi connectivity index (χ0v) is 22.4. The number of para-hydroxylation sites is 2. The molecule has 0 saturated heterocycles. The largest absolute Gasteiger partial charge is 0.494 e. The molecule has 37 heavy (non-hydrogen) atoms. The van der Waals surface area contributed by atoms with Crippen LogP contribution in [-0.4, -0.2) is 28.7 Å². The number of halogens is 1. The average molecular weight is 520 g/mol. The Bertz CT molecular complexity index is 1300. The van der Waals surface area contributed by atoms with E-state index in [1.165, 1.54) is 5.56 Å². The summed E-state index contributed by atoms with van der Waals surface area (Å²) in [4.78, 5) is 17.4. The van der Waals surface area contributed by atoms with Gasteiger partial charge in [-0.3, -0.25) is 4.79 Å². The lowest BCUT2D eigenvalue weighted by atomic mass is 10.0. The summed E-state index contributed by atoms with van der Waals surface area (Å²) in [6.07, 6.45) is 1.84. The molecule has 1 heterocycles. The summed E-state index contributed by atoms with van der Waals surface area (Å²) in [6.45, 7) is 7.67.